The lowest BCUT2D eigenvalue weighted by Gasteiger charge is -2.37. The molecule has 1 heterocycles. The van der Waals surface area contributed by atoms with Crippen LogP contribution in [-0.2, 0) is 0 Å². The molecular formula is C15H32N2. The van der Waals surface area contributed by atoms with E-state index in [0.29, 0.717) is 0 Å². The molecular weight excluding hydrogens is 208 g/mol. The van der Waals surface area contributed by atoms with E-state index in [0.717, 1.165) is 12.0 Å². The molecule has 0 aromatic carbocycles. The molecule has 1 aliphatic rings. The number of rotatable bonds is 8. The zero-order chi connectivity index (χ0) is 12.5. The van der Waals surface area contributed by atoms with Crippen LogP contribution in [0.1, 0.15) is 59.3 Å². The molecule has 1 rings (SSSR count). The van der Waals surface area contributed by atoms with Gasteiger partial charge in [-0.15, -0.1) is 0 Å². The van der Waals surface area contributed by atoms with Gasteiger partial charge >= 0.3 is 0 Å². The minimum atomic E-state index is 0.787. The zero-order valence-electron chi connectivity index (χ0n) is 12.2. The van der Waals surface area contributed by atoms with Crippen molar-refractivity contribution in [3.8, 4) is 0 Å². The van der Waals surface area contributed by atoms with Crippen LogP contribution in [0.2, 0.25) is 0 Å². The van der Waals surface area contributed by atoms with E-state index in [4.69, 9.17) is 0 Å². The fourth-order valence-corrected chi connectivity index (χ4v) is 2.79. The van der Waals surface area contributed by atoms with Crippen molar-refractivity contribution in [2.45, 2.75) is 65.3 Å². The van der Waals surface area contributed by atoms with Crippen molar-refractivity contribution >= 4 is 0 Å². The Labute approximate surface area is 108 Å². The minimum absolute atomic E-state index is 0.787. The van der Waals surface area contributed by atoms with Gasteiger partial charge in [0, 0.05) is 25.7 Å². The Hall–Kier alpha value is -0.0800. The van der Waals surface area contributed by atoms with Crippen molar-refractivity contribution in [1.29, 1.82) is 0 Å². The van der Waals surface area contributed by atoms with Gasteiger partial charge in [0.05, 0.1) is 0 Å². The maximum Gasteiger partial charge on any atom is 0.0223 e. The van der Waals surface area contributed by atoms with Gasteiger partial charge in [0.2, 0.25) is 0 Å². The first kappa shape index (κ1) is 15.0. The van der Waals surface area contributed by atoms with E-state index in [1.54, 1.807) is 0 Å². The van der Waals surface area contributed by atoms with Crippen LogP contribution in [0, 0.1) is 5.92 Å². The second-order valence-electron chi connectivity index (χ2n) is 5.94. The number of unbranched alkanes of at least 4 members (excludes halogenated alkanes) is 4. The van der Waals surface area contributed by atoms with Crippen LogP contribution in [0.3, 0.4) is 0 Å². The molecule has 2 nitrogen and oxygen atoms in total. The minimum Gasteiger partial charge on any atom is -0.314 e. The summed E-state index contributed by atoms with van der Waals surface area (Å²) in [5, 5.41) is 3.54. The van der Waals surface area contributed by atoms with Crippen molar-refractivity contribution in [2.75, 3.05) is 26.2 Å². The Kier molecular flexibility index (Phi) is 7.87. The largest absolute Gasteiger partial charge is 0.314 e. The molecule has 1 saturated heterocycles. The van der Waals surface area contributed by atoms with Gasteiger partial charge in [-0.25, -0.2) is 0 Å². The summed E-state index contributed by atoms with van der Waals surface area (Å²) in [7, 11) is 0. The fourth-order valence-electron chi connectivity index (χ4n) is 2.79. The van der Waals surface area contributed by atoms with E-state index in [-0.39, 0.29) is 0 Å². The molecule has 0 aliphatic carbocycles. The predicted molar refractivity (Wildman–Crippen MR) is 76.4 cm³/mol. The Morgan fingerprint density at radius 2 is 1.94 bits per heavy atom. The van der Waals surface area contributed by atoms with Gasteiger partial charge in [-0.3, -0.25) is 4.90 Å². The summed E-state index contributed by atoms with van der Waals surface area (Å²) in [4.78, 5) is 2.72. The Balaban J connectivity index is 2.18. The number of hydrogen-bond donors (Lipinski definition) is 1. The number of nitrogens with one attached hydrogen (secondary N) is 1. The summed E-state index contributed by atoms with van der Waals surface area (Å²) < 4.78 is 0. The van der Waals surface area contributed by atoms with Gasteiger partial charge in [0.1, 0.15) is 0 Å². The topological polar surface area (TPSA) is 15.3 Å². The first-order valence-electron chi connectivity index (χ1n) is 7.68. The Morgan fingerprint density at radius 3 is 2.65 bits per heavy atom. The van der Waals surface area contributed by atoms with Crippen LogP contribution in [0.4, 0.5) is 0 Å². The summed E-state index contributed by atoms with van der Waals surface area (Å²) in [6.07, 6.45) is 8.36. The number of piperazine rings is 1. The molecule has 17 heavy (non-hydrogen) atoms. The van der Waals surface area contributed by atoms with Crippen LogP contribution >= 0.6 is 0 Å². The van der Waals surface area contributed by atoms with E-state index in [1.165, 1.54) is 64.7 Å². The van der Waals surface area contributed by atoms with E-state index in [2.05, 4.69) is 31.0 Å². The molecule has 1 atom stereocenters. The maximum atomic E-state index is 3.54. The summed E-state index contributed by atoms with van der Waals surface area (Å²) in [6.45, 7) is 11.9. The van der Waals surface area contributed by atoms with Crippen molar-refractivity contribution in [3.63, 3.8) is 0 Å². The van der Waals surface area contributed by atoms with Crippen molar-refractivity contribution in [2.24, 2.45) is 5.92 Å². The molecule has 0 amide bonds. The Bertz CT molecular complexity index is 180. The zero-order valence-corrected chi connectivity index (χ0v) is 12.2. The third-order valence-corrected chi connectivity index (χ3v) is 3.76. The van der Waals surface area contributed by atoms with Crippen molar-refractivity contribution < 1.29 is 0 Å². The summed E-state index contributed by atoms with van der Waals surface area (Å²) >= 11 is 0. The molecule has 0 bridgehead atoms. The molecule has 1 aliphatic heterocycles. The highest BCUT2D eigenvalue weighted by Crippen LogP contribution is 2.14. The molecule has 0 aromatic rings. The lowest BCUT2D eigenvalue weighted by Crippen LogP contribution is -2.51. The summed E-state index contributed by atoms with van der Waals surface area (Å²) in [5.41, 5.74) is 0. The van der Waals surface area contributed by atoms with Gasteiger partial charge in [-0.1, -0.05) is 46.5 Å². The average molecular weight is 240 g/mol. The summed E-state index contributed by atoms with van der Waals surface area (Å²) in [6, 6.07) is 0.787. The van der Waals surface area contributed by atoms with Gasteiger partial charge in [0.15, 0.2) is 0 Å². The molecule has 1 N–H and O–H groups in total. The third kappa shape index (κ3) is 6.42. The van der Waals surface area contributed by atoms with Crippen LogP contribution in [0.5, 0.6) is 0 Å². The lowest BCUT2D eigenvalue weighted by atomic mass is 10.0. The first-order chi connectivity index (χ1) is 8.24. The fraction of sp³-hybridized carbons (Fsp3) is 1.00. The maximum absolute atomic E-state index is 3.54. The molecule has 0 spiro atoms. The van der Waals surface area contributed by atoms with Gasteiger partial charge in [-0.2, -0.15) is 0 Å². The predicted octanol–water partition coefficient (Wildman–Crippen LogP) is 3.28. The second kappa shape index (κ2) is 8.93. The molecule has 0 saturated carbocycles. The Morgan fingerprint density at radius 1 is 1.18 bits per heavy atom. The molecule has 0 aromatic heterocycles. The van der Waals surface area contributed by atoms with E-state index in [1.807, 2.05) is 0 Å². The van der Waals surface area contributed by atoms with Crippen LogP contribution in [0.15, 0.2) is 0 Å². The highest BCUT2D eigenvalue weighted by molar-refractivity contribution is 4.80. The molecule has 1 fully saturated rings. The summed E-state index contributed by atoms with van der Waals surface area (Å²) in [5.74, 6) is 0.822. The van der Waals surface area contributed by atoms with Crippen LogP contribution in [-0.4, -0.2) is 37.1 Å². The lowest BCUT2D eigenvalue weighted by molar-refractivity contribution is 0.139. The molecule has 1 unspecified atom stereocenters. The highest BCUT2D eigenvalue weighted by atomic mass is 15.2. The van der Waals surface area contributed by atoms with Crippen LogP contribution in [0.25, 0.3) is 0 Å². The normalized spacial score (nSPS) is 22.2. The van der Waals surface area contributed by atoms with Crippen molar-refractivity contribution in [1.82, 2.24) is 10.2 Å². The second-order valence-corrected chi connectivity index (χ2v) is 5.94. The smallest absolute Gasteiger partial charge is 0.0223 e. The number of hydrogen-bond acceptors (Lipinski definition) is 2. The van der Waals surface area contributed by atoms with E-state index in [9.17, 15) is 0 Å². The number of nitrogens with zero attached hydrogens (tertiary/aromatic N) is 1. The van der Waals surface area contributed by atoms with Crippen molar-refractivity contribution in [3.05, 3.63) is 0 Å². The molecule has 0 radical (unpaired) electrons. The highest BCUT2D eigenvalue weighted by Gasteiger charge is 2.21. The van der Waals surface area contributed by atoms with Gasteiger partial charge < -0.3 is 5.32 Å². The third-order valence-electron chi connectivity index (χ3n) is 3.76. The van der Waals surface area contributed by atoms with E-state index < -0.39 is 0 Å². The van der Waals surface area contributed by atoms with E-state index >= 15 is 0 Å². The van der Waals surface area contributed by atoms with Gasteiger partial charge in [-0.05, 0) is 25.3 Å². The quantitative estimate of drug-likeness (QED) is 0.655. The first-order valence-corrected chi connectivity index (χ1v) is 7.68. The van der Waals surface area contributed by atoms with Gasteiger partial charge in [0.25, 0.3) is 0 Å². The SMILES string of the molecule is CCCCCCCN1CCNCC1CC(C)C. The monoisotopic (exact) mass is 240 g/mol. The van der Waals surface area contributed by atoms with Crippen LogP contribution < -0.4 is 5.32 Å². The molecule has 2 heteroatoms. The standard InChI is InChI=1S/C15H32N2/c1-4-5-6-7-8-10-17-11-9-16-13-15(17)12-14(2)3/h14-16H,4-13H2,1-3H3. The average Bonchev–Trinajstić information content (AvgIpc) is 2.30. The molecule has 102 valence electrons.